The lowest BCUT2D eigenvalue weighted by atomic mass is 10.0. The molecule has 0 aliphatic carbocycles. The van der Waals surface area contributed by atoms with Gasteiger partial charge in [-0.05, 0) is 6.42 Å². The summed E-state index contributed by atoms with van der Waals surface area (Å²) in [6.07, 6.45) is 20.9. The van der Waals surface area contributed by atoms with E-state index >= 15 is 0 Å². The molecule has 22 heavy (non-hydrogen) atoms. The number of ether oxygens (including phenoxy) is 1. The van der Waals surface area contributed by atoms with Gasteiger partial charge in [-0.1, -0.05) is 103 Å². The van der Waals surface area contributed by atoms with Gasteiger partial charge in [0.2, 0.25) is 0 Å². The van der Waals surface area contributed by atoms with Gasteiger partial charge in [-0.15, -0.1) is 0 Å². The molecule has 0 unspecified atom stereocenters. The van der Waals surface area contributed by atoms with Crippen molar-refractivity contribution in [2.75, 3.05) is 6.61 Å². The summed E-state index contributed by atoms with van der Waals surface area (Å²) < 4.78 is 4.95. The van der Waals surface area contributed by atoms with Crippen LogP contribution in [0.1, 0.15) is 103 Å². The van der Waals surface area contributed by atoms with Crippen LogP contribution in [0.25, 0.3) is 0 Å². The number of hydrogen-bond donors (Lipinski definition) is 0. The second-order valence-electron chi connectivity index (χ2n) is 6.32. The highest BCUT2D eigenvalue weighted by Crippen LogP contribution is 2.13. The quantitative estimate of drug-likeness (QED) is 0.172. The Morgan fingerprint density at radius 2 is 1.18 bits per heavy atom. The van der Waals surface area contributed by atoms with Gasteiger partial charge in [-0.3, -0.25) is 4.79 Å². The molecule has 0 bridgehead atoms. The molecule has 0 aromatic rings. The highest BCUT2D eigenvalue weighted by atomic mass is 16.5. The number of unbranched alkanes of at least 4 members (excludes halogenated alkanes) is 13. The van der Waals surface area contributed by atoms with E-state index in [-0.39, 0.29) is 5.97 Å². The second-order valence-corrected chi connectivity index (χ2v) is 6.32. The van der Waals surface area contributed by atoms with Crippen LogP contribution in [0, 0.1) is 0 Å². The summed E-state index contributed by atoms with van der Waals surface area (Å²) in [4.78, 5) is 11.3. The van der Waals surface area contributed by atoms with Gasteiger partial charge >= 0.3 is 5.97 Å². The van der Waals surface area contributed by atoms with Crippen molar-refractivity contribution in [2.45, 2.75) is 103 Å². The minimum absolute atomic E-state index is 0.0844. The van der Waals surface area contributed by atoms with Crippen molar-refractivity contribution in [1.29, 1.82) is 0 Å². The van der Waals surface area contributed by atoms with Crippen molar-refractivity contribution in [3.63, 3.8) is 0 Å². The zero-order chi connectivity index (χ0) is 16.3. The van der Waals surface area contributed by atoms with Gasteiger partial charge in [-0.25, -0.2) is 0 Å². The first-order valence-corrected chi connectivity index (χ1v) is 9.57. The standard InChI is InChI=1S/C20H38O2/c1-3-5-6-7-8-9-10-11-12-13-14-15-16-17-18-20(21)22-19-4-2/h4H,2-3,5-19H2,1H3. The van der Waals surface area contributed by atoms with E-state index in [0.717, 1.165) is 12.8 Å². The van der Waals surface area contributed by atoms with Gasteiger partial charge < -0.3 is 4.74 Å². The fraction of sp³-hybridized carbons (Fsp3) is 0.850. The van der Waals surface area contributed by atoms with E-state index in [4.69, 9.17) is 4.74 Å². The van der Waals surface area contributed by atoms with Gasteiger partial charge in [-0.2, -0.15) is 0 Å². The van der Waals surface area contributed by atoms with Gasteiger partial charge in [0.15, 0.2) is 0 Å². The lowest BCUT2D eigenvalue weighted by Gasteiger charge is -2.03. The number of rotatable bonds is 17. The van der Waals surface area contributed by atoms with E-state index in [1.807, 2.05) is 0 Å². The third-order valence-corrected chi connectivity index (χ3v) is 4.10. The van der Waals surface area contributed by atoms with Crippen molar-refractivity contribution in [3.05, 3.63) is 12.7 Å². The first-order chi connectivity index (χ1) is 10.8. The molecule has 130 valence electrons. The fourth-order valence-electron chi connectivity index (χ4n) is 2.69. The van der Waals surface area contributed by atoms with Crippen molar-refractivity contribution >= 4 is 5.97 Å². The van der Waals surface area contributed by atoms with Crippen LogP contribution in [-0.4, -0.2) is 12.6 Å². The first kappa shape index (κ1) is 21.2. The van der Waals surface area contributed by atoms with Crippen LogP contribution >= 0.6 is 0 Å². The predicted octanol–water partition coefficient (Wildman–Crippen LogP) is 6.59. The molecule has 0 aromatic heterocycles. The molecular formula is C20H38O2. The van der Waals surface area contributed by atoms with Gasteiger partial charge in [0.25, 0.3) is 0 Å². The molecule has 0 aliphatic heterocycles. The molecule has 0 saturated heterocycles. The number of carbonyl (C=O) groups excluding carboxylic acids is 1. The molecule has 0 aromatic carbocycles. The molecule has 0 N–H and O–H groups in total. The smallest absolute Gasteiger partial charge is 0.306 e. The summed E-state index contributed by atoms with van der Waals surface area (Å²) in [5.41, 5.74) is 0. The Balaban J connectivity index is 3.05. The molecular weight excluding hydrogens is 272 g/mol. The lowest BCUT2D eigenvalue weighted by Crippen LogP contribution is -2.03. The van der Waals surface area contributed by atoms with Crippen molar-refractivity contribution in [3.8, 4) is 0 Å². The van der Waals surface area contributed by atoms with Crippen LogP contribution in [0.15, 0.2) is 12.7 Å². The maximum Gasteiger partial charge on any atom is 0.306 e. The average molecular weight is 311 g/mol. The van der Waals surface area contributed by atoms with E-state index < -0.39 is 0 Å². The minimum Gasteiger partial charge on any atom is -0.461 e. The Morgan fingerprint density at radius 1 is 0.773 bits per heavy atom. The largest absolute Gasteiger partial charge is 0.461 e. The van der Waals surface area contributed by atoms with Crippen LogP contribution in [-0.2, 0) is 9.53 Å². The maximum absolute atomic E-state index is 11.3. The highest BCUT2D eigenvalue weighted by molar-refractivity contribution is 5.69. The number of esters is 1. The van der Waals surface area contributed by atoms with Crippen molar-refractivity contribution in [1.82, 2.24) is 0 Å². The molecule has 0 rings (SSSR count). The Hall–Kier alpha value is -0.790. The topological polar surface area (TPSA) is 26.3 Å². The molecule has 0 spiro atoms. The molecule has 0 aliphatic rings. The maximum atomic E-state index is 11.3. The van der Waals surface area contributed by atoms with Crippen LogP contribution in [0.3, 0.4) is 0 Å². The van der Waals surface area contributed by atoms with Crippen molar-refractivity contribution in [2.24, 2.45) is 0 Å². The molecule has 0 saturated carbocycles. The fourth-order valence-corrected chi connectivity index (χ4v) is 2.69. The summed E-state index contributed by atoms with van der Waals surface area (Å²) in [7, 11) is 0. The molecule has 2 heteroatoms. The van der Waals surface area contributed by atoms with E-state index in [9.17, 15) is 4.79 Å². The van der Waals surface area contributed by atoms with Crippen LogP contribution in [0.2, 0.25) is 0 Å². The van der Waals surface area contributed by atoms with Gasteiger partial charge in [0.1, 0.15) is 6.61 Å². The summed E-state index contributed by atoms with van der Waals surface area (Å²) in [5.74, 6) is -0.0844. The van der Waals surface area contributed by atoms with Crippen LogP contribution in [0.5, 0.6) is 0 Å². The zero-order valence-corrected chi connectivity index (χ0v) is 14.9. The number of carbonyl (C=O) groups is 1. The third kappa shape index (κ3) is 17.3. The molecule has 0 radical (unpaired) electrons. The Bertz CT molecular complexity index is 248. The second kappa shape index (κ2) is 18.3. The monoisotopic (exact) mass is 310 g/mol. The SMILES string of the molecule is C=CCOC(=O)CCCCCCCCCCCCCCCC. The van der Waals surface area contributed by atoms with Crippen molar-refractivity contribution < 1.29 is 9.53 Å². The lowest BCUT2D eigenvalue weighted by molar-refractivity contribution is -0.142. The van der Waals surface area contributed by atoms with Crippen LogP contribution in [0.4, 0.5) is 0 Å². The average Bonchev–Trinajstić information content (AvgIpc) is 2.53. The zero-order valence-electron chi connectivity index (χ0n) is 14.9. The number of hydrogen-bond acceptors (Lipinski definition) is 2. The molecule has 0 fully saturated rings. The molecule has 0 heterocycles. The van der Waals surface area contributed by atoms with Crippen LogP contribution < -0.4 is 0 Å². The Labute approximate surface area is 138 Å². The molecule has 2 nitrogen and oxygen atoms in total. The Morgan fingerprint density at radius 3 is 1.59 bits per heavy atom. The third-order valence-electron chi connectivity index (χ3n) is 4.10. The molecule has 0 atom stereocenters. The van der Waals surface area contributed by atoms with E-state index in [1.54, 1.807) is 6.08 Å². The Kier molecular flexibility index (Phi) is 17.6. The van der Waals surface area contributed by atoms with Gasteiger partial charge in [0, 0.05) is 6.42 Å². The summed E-state index contributed by atoms with van der Waals surface area (Å²) >= 11 is 0. The minimum atomic E-state index is -0.0844. The van der Waals surface area contributed by atoms with E-state index in [2.05, 4.69) is 13.5 Å². The molecule has 0 amide bonds. The highest BCUT2D eigenvalue weighted by Gasteiger charge is 2.00. The van der Waals surface area contributed by atoms with Gasteiger partial charge in [0.05, 0.1) is 0 Å². The summed E-state index contributed by atoms with van der Waals surface area (Å²) in [6, 6.07) is 0. The van der Waals surface area contributed by atoms with E-state index in [0.29, 0.717) is 13.0 Å². The normalized spacial score (nSPS) is 10.6. The summed E-state index contributed by atoms with van der Waals surface area (Å²) in [5, 5.41) is 0. The predicted molar refractivity (Wildman–Crippen MR) is 96.1 cm³/mol. The first-order valence-electron chi connectivity index (χ1n) is 9.57. The van der Waals surface area contributed by atoms with E-state index in [1.165, 1.54) is 77.0 Å². The summed E-state index contributed by atoms with van der Waals surface area (Å²) in [6.45, 7) is 6.15.